The number of carbonyl (C=O) groups is 1. The molecule has 1 aromatic heterocycles. The maximum atomic E-state index is 13.1. The number of benzene rings is 1. The molecule has 1 atom stereocenters. The summed E-state index contributed by atoms with van der Waals surface area (Å²) in [5.41, 5.74) is -0.160. The number of rotatable bonds is 4. The first-order valence-corrected chi connectivity index (χ1v) is 8.52. The summed E-state index contributed by atoms with van der Waals surface area (Å²) in [6.07, 6.45) is 0.588. The third-order valence-corrected chi connectivity index (χ3v) is 4.45. The van der Waals surface area contributed by atoms with Crippen molar-refractivity contribution < 1.29 is 18.0 Å². The van der Waals surface area contributed by atoms with E-state index >= 15 is 0 Å². The normalized spacial score (nSPS) is 18.5. The number of nitrogens with one attached hydrogen (secondary N) is 1. The van der Waals surface area contributed by atoms with Crippen LogP contribution in [0.1, 0.15) is 34.3 Å². The molecule has 1 aliphatic heterocycles. The molecule has 1 aromatic carbocycles. The fraction of sp³-hybridized carbons (Fsp3) is 0.368. The van der Waals surface area contributed by atoms with Crippen LogP contribution in [-0.2, 0) is 12.7 Å². The molecular formula is C19H20F3N3O. The van der Waals surface area contributed by atoms with E-state index < -0.39 is 17.6 Å². The molecule has 0 aliphatic carbocycles. The molecule has 1 N–H and O–H groups in total. The van der Waals surface area contributed by atoms with Crippen molar-refractivity contribution in [3.63, 3.8) is 0 Å². The molecule has 0 radical (unpaired) electrons. The predicted molar refractivity (Wildman–Crippen MR) is 91.4 cm³/mol. The van der Waals surface area contributed by atoms with Gasteiger partial charge in [0.2, 0.25) is 0 Å². The molecule has 0 saturated carbocycles. The van der Waals surface area contributed by atoms with Crippen LogP contribution in [0.25, 0.3) is 0 Å². The van der Waals surface area contributed by atoms with E-state index in [2.05, 4.69) is 15.2 Å². The maximum Gasteiger partial charge on any atom is 0.417 e. The zero-order valence-corrected chi connectivity index (χ0v) is 14.2. The van der Waals surface area contributed by atoms with Gasteiger partial charge in [0.05, 0.1) is 11.1 Å². The molecule has 0 spiro atoms. The number of carbonyl (C=O) groups excluding carboxylic acids is 1. The van der Waals surface area contributed by atoms with Crippen LogP contribution in [0.15, 0.2) is 48.8 Å². The number of hydrogen-bond donors (Lipinski definition) is 1. The van der Waals surface area contributed by atoms with Gasteiger partial charge in [0.15, 0.2) is 0 Å². The van der Waals surface area contributed by atoms with E-state index in [9.17, 15) is 18.0 Å². The summed E-state index contributed by atoms with van der Waals surface area (Å²) < 4.78 is 39.3. The van der Waals surface area contributed by atoms with Gasteiger partial charge in [-0.15, -0.1) is 0 Å². The Bertz CT molecular complexity index is 749. The van der Waals surface area contributed by atoms with Gasteiger partial charge < -0.3 is 5.32 Å². The van der Waals surface area contributed by atoms with E-state index in [1.165, 1.54) is 18.2 Å². The van der Waals surface area contributed by atoms with Gasteiger partial charge in [0, 0.05) is 31.5 Å². The first-order valence-electron chi connectivity index (χ1n) is 8.52. The number of aromatic nitrogens is 1. The molecule has 1 amide bonds. The molecule has 138 valence electrons. The smallest absolute Gasteiger partial charge is 0.348 e. The molecule has 26 heavy (non-hydrogen) atoms. The highest BCUT2D eigenvalue weighted by atomic mass is 19.4. The Morgan fingerprint density at radius 3 is 2.77 bits per heavy atom. The van der Waals surface area contributed by atoms with Crippen LogP contribution in [0.4, 0.5) is 13.2 Å². The molecule has 1 fully saturated rings. The van der Waals surface area contributed by atoms with Gasteiger partial charge in [-0.3, -0.25) is 14.7 Å². The topological polar surface area (TPSA) is 45.2 Å². The highest BCUT2D eigenvalue weighted by Gasteiger charge is 2.35. The third kappa shape index (κ3) is 4.60. The third-order valence-electron chi connectivity index (χ3n) is 4.45. The van der Waals surface area contributed by atoms with Gasteiger partial charge in [-0.25, -0.2) is 0 Å². The molecule has 7 heteroatoms. The molecule has 1 saturated heterocycles. The molecule has 2 aromatic rings. The molecular weight excluding hydrogens is 343 g/mol. The van der Waals surface area contributed by atoms with Crippen LogP contribution in [0.5, 0.6) is 0 Å². The van der Waals surface area contributed by atoms with Crippen molar-refractivity contribution in [1.29, 1.82) is 0 Å². The summed E-state index contributed by atoms with van der Waals surface area (Å²) in [4.78, 5) is 18.7. The Labute approximate surface area is 150 Å². The zero-order valence-electron chi connectivity index (χ0n) is 14.2. The monoisotopic (exact) mass is 363 g/mol. The molecule has 4 nitrogen and oxygen atoms in total. The van der Waals surface area contributed by atoms with Crippen molar-refractivity contribution in [2.24, 2.45) is 0 Å². The maximum absolute atomic E-state index is 13.1. The van der Waals surface area contributed by atoms with Crippen LogP contribution < -0.4 is 5.32 Å². The quantitative estimate of drug-likeness (QED) is 0.904. The van der Waals surface area contributed by atoms with Gasteiger partial charge >= 0.3 is 6.18 Å². The van der Waals surface area contributed by atoms with Gasteiger partial charge in [-0.2, -0.15) is 13.2 Å². The fourth-order valence-corrected chi connectivity index (χ4v) is 3.26. The summed E-state index contributed by atoms with van der Waals surface area (Å²) in [6, 6.07) is 8.56. The summed E-state index contributed by atoms with van der Waals surface area (Å²) in [6.45, 7) is 2.20. The van der Waals surface area contributed by atoms with E-state index in [0.29, 0.717) is 13.1 Å². The fourth-order valence-electron chi connectivity index (χ4n) is 3.26. The minimum absolute atomic E-state index is 0.172. The molecule has 0 unspecified atom stereocenters. The number of hydrogen-bond acceptors (Lipinski definition) is 3. The van der Waals surface area contributed by atoms with Crippen LogP contribution >= 0.6 is 0 Å². The lowest BCUT2D eigenvalue weighted by Crippen LogP contribution is -2.47. The number of piperidine rings is 1. The van der Waals surface area contributed by atoms with Gasteiger partial charge in [0.1, 0.15) is 0 Å². The standard InChI is InChI=1S/C19H20F3N3O/c20-19(21,22)17-8-2-1-7-16(17)18(26)24-15-6-4-10-25(13-15)12-14-5-3-9-23-11-14/h1-3,5,7-9,11,15H,4,6,10,12-13H2,(H,24,26)/t15-/m1/s1. The van der Waals surface area contributed by atoms with Crippen molar-refractivity contribution in [2.75, 3.05) is 13.1 Å². The van der Waals surface area contributed by atoms with E-state index in [1.807, 2.05) is 12.1 Å². The lowest BCUT2D eigenvalue weighted by molar-refractivity contribution is -0.137. The summed E-state index contributed by atoms with van der Waals surface area (Å²) >= 11 is 0. The van der Waals surface area contributed by atoms with E-state index in [0.717, 1.165) is 31.0 Å². The SMILES string of the molecule is O=C(N[C@@H]1CCCN(Cc2cccnc2)C1)c1ccccc1C(F)(F)F. The first kappa shape index (κ1) is 18.4. The number of alkyl halides is 3. The second kappa shape index (κ2) is 7.86. The number of nitrogens with zero attached hydrogens (tertiary/aromatic N) is 2. The Hall–Kier alpha value is -2.41. The average molecular weight is 363 g/mol. The number of amides is 1. The van der Waals surface area contributed by atoms with Gasteiger partial charge in [0.25, 0.3) is 5.91 Å². The minimum Gasteiger partial charge on any atom is -0.348 e. The Kier molecular flexibility index (Phi) is 5.56. The van der Waals surface area contributed by atoms with E-state index in [4.69, 9.17) is 0 Å². The zero-order chi connectivity index (χ0) is 18.6. The van der Waals surface area contributed by atoms with Crippen molar-refractivity contribution in [3.05, 3.63) is 65.5 Å². The Balaban J connectivity index is 1.65. The second-order valence-electron chi connectivity index (χ2n) is 6.45. The highest BCUT2D eigenvalue weighted by Crippen LogP contribution is 2.31. The summed E-state index contributed by atoms with van der Waals surface area (Å²) in [5.74, 6) is -0.675. The number of pyridine rings is 1. The van der Waals surface area contributed by atoms with Crippen LogP contribution in [0, 0.1) is 0 Å². The van der Waals surface area contributed by atoms with E-state index in [1.54, 1.807) is 12.4 Å². The molecule has 0 bridgehead atoms. The predicted octanol–water partition coefficient (Wildman–Crippen LogP) is 3.49. The van der Waals surface area contributed by atoms with Crippen molar-refractivity contribution >= 4 is 5.91 Å². The van der Waals surface area contributed by atoms with Crippen molar-refractivity contribution in [2.45, 2.75) is 31.6 Å². The molecule has 2 heterocycles. The summed E-state index contributed by atoms with van der Waals surface area (Å²) in [5, 5.41) is 2.77. The minimum atomic E-state index is -4.55. The van der Waals surface area contributed by atoms with Crippen molar-refractivity contribution in [3.8, 4) is 0 Å². The largest absolute Gasteiger partial charge is 0.417 e. The van der Waals surface area contributed by atoms with Gasteiger partial charge in [-0.1, -0.05) is 18.2 Å². The number of likely N-dealkylation sites (tertiary alicyclic amines) is 1. The second-order valence-corrected chi connectivity index (χ2v) is 6.45. The Morgan fingerprint density at radius 1 is 1.23 bits per heavy atom. The molecule has 3 rings (SSSR count). The number of halogens is 3. The summed E-state index contributed by atoms with van der Waals surface area (Å²) in [7, 11) is 0. The van der Waals surface area contributed by atoms with E-state index in [-0.39, 0.29) is 11.6 Å². The molecule has 1 aliphatic rings. The average Bonchev–Trinajstić information content (AvgIpc) is 2.62. The lowest BCUT2D eigenvalue weighted by atomic mass is 10.0. The van der Waals surface area contributed by atoms with Crippen LogP contribution in [0.3, 0.4) is 0 Å². The van der Waals surface area contributed by atoms with Crippen LogP contribution in [0.2, 0.25) is 0 Å². The first-order chi connectivity index (χ1) is 12.4. The Morgan fingerprint density at radius 2 is 2.04 bits per heavy atom. The van der Waals surface area contributed by atoms with Crippen molar-refractivity contribution in [1.82, 2.24) is 15.2 Å². The van der Waals surface area contributed by atoms with Crippen LogP contribution in [-0.4, -0.2) is 34.9 Å². The van der Waals surface area contributed by atoms with Gasteiger partial charge in [-0.05, 0) is 43.1 Å². The highest BCUT2D eigenvalue weighted by molar-refractivity contribution is 5.96. The lowest BCUT2D eigenvalue weighted by Gasteiger charge is -2.33.